The average molecular weight is 307 g/mol. The van der Waals surface area contributed by atoms with E-state index in [-0.39, 0.29) is 12.1 Å². The number of likely N-dealkylation sites (N-methyl/N-ethyl adjacent to an activating group) is 1. The van der Waals surface area contributed by atoms with Crippen molar-refractivity contribution in [2.45, 2.75) is 6.10 Å². The topological polar surface area (TPSA) is 73.5 Å². The summed E-state index contributed by atoms with van der Waals surface area (Å²) in [4.78, 5) is 9.91. The van der Waals surface area contributed by atoms with Crippen molar-refractivity contribution in [1.29, 1.82) is 0 Å². The van der Waals surface area contributed by atoms with Crippen molar-refractivity contribution in [1.82, 2.24) is 9.97 Å². The lowest BCUT2D eigenvalue weighted by atomic mass is 10.2. The molecule has 1 atom stereocenters. The highest BCUT2D eigenvalue weighted by molar-refractivity contribution is 6.29. The number of para-hydroxylation sites is 2. The number of nitrogen functional groups attached to an aromatic ring is 1. The lowest BCUT2D eigenvalue weighted by Crippen LogP contribution is -2.39. The lowest BCUT2D eigenvalue weighted by molar-refractivity contribution is 0.0959. The van der Waals surface area contributed by atoms with Gasteiger partial charge >= 0.3 is 0 Å². The lowest BCUT2D eigenvalue weighted by Gasteiger charge is -2.30. The first-order chi connectivity index (χ1) is 10.1. The molecule has 0 amide bonds. The molecule has 0 radical (unpaired) electrons. The molecule has 2 aromatic rings. The van der Waals surface area contributed by atoms with Crippen molar-refractivity contribution >= 4 is 23.4 Å². The zero-order chi connectivity index (χ0) is 14.8. The molecule has 1 aliphatic heterocycles. The van der Waals surface area contributed by atoms with E-state index < -0.39 is 0 Å². The molecule has 6 nitrogen and oxygen atoms in total. The maximum atomic E-state index is 5.91. The first kappa shape index (κ1) is 13.8. The first-order valence-electron chi connectivity index (χ1n) is 6.51. The molecule has 110 valence electrons. The molecule has 0 spiro atoms. The van der Waals surface area contributed by atoms with E-state index in [0.29, 0.717) is 24.1 Å². The number of halogens is 1. The summed E-state index contributed by atoms with van der Waals surface area (Å²) in [5, 5.41) is 0.315. The summed E-state index contributed by atoms with van der Waals surface area (Å²) < 4.78 is 11.6. The van der Waals surface area contributed by atoms with Gasteiger partial charge in [0.25, 0.3) is 0 Å². The van der Waals surface area contributed by atoms with Gasteiger partial charge < -0.3 is 20.1 Å². The predicted molar refractivity (Wildman–Crippen MR) is 81.1 cm³/mol. The number of fused-ring (bicyclic) bond motifs is 1. The molecule has 0 aliphatic carbocycles. The van der Waals surface area contributed by atoms with Gasteiger partial charge in [-0.05, 0) is 12.1 Å². The van der Waals surface area contributed by atoms with Crippen LogP contribution in [0.3, 0.4) is 0 Å². The number of rotatable bonds is 3. The maximum Gasteiger partial charge on any atom is 0.223 e. The number of hydrogen-bond acceptors (Lipinski definition) is 6. The fourth-order valence-corrected chi connectivity index (χ4v) is 2.35. The second-order valence-corrected chi connectivity index (χ2v) is 5.17. The molecule has 2 heterocycles. The van der Waals surface area contributed by atoms with Crippen LogP contribution < -0.4 is 20.1 Å². The second kappa shape index (κ2) is 5.65. The number of anilines is 2. The molecule has 3 rings (SSSR count). The van der Waals surface area contributed by atoms with Crippen molar-refractivity contribution in [3.63, 3.8) is 0 Å². The van der Waals surface area contributed by atoms with E-state index in [2.05, 4.69) is 9.97 Å². The van der Waals surface area contributed by atoms with Gasteiger partial charge in [-0.2, -0.15) is 4.98 Å². The summed E-state index contributed by atoms with van der Waals surface area (Å²) in [6, 6.07) is 9.27. The summed E-state index contributed by atoms with van der Waals surface area (Å²) in [6.45, 7) is 1.08. The molecule has 0 saturated carbocycles. The van der Waals surface area contributed by atoms with Crippen LogP contribution in [0.5, 0.6) is 11.5 Å². The predicted octanol–water partition coefficient (Wildman–Crippen LogP) is 1.99. The monoisotopic (exact) mass is 306 g/mol. The maximum absolute atomic E-state index is 5.91. The van der Waals surface area contributed by atoms with E-state index in [0.717, 1.165) is 11.5 Å². The minimum Gasteiger partial charge on any atom is -0.486 e. The van der Waals surface area contributed by atoms with E-state index in [4.69, 9.17) is 26.8 Å². The molecule has 1 aliphatic rings. The summed E-state index contributed by atoms with van der Waals surface area (Å²) >= 11 is 5.89. The molecular formula is C14H15ClN4O2. The van der Waals surface area contributed by atoms with Crippen LogP contribution in [0, 0.1) is 0 Å². The van der Waals surface area contributed by atoms with Crippen molar-refractivity contribution in [2.75, 3.05) is 30.8 Å². The Bertz CT molecular complexity index is 632. The summed E-state index contributed by atoms with van der Waals surface area (Å²) in [6.07, 6.45) is -0.0973. The third-order valence-corrected chi connectivity index (χ3v) is 3.33. The quantitative estimate of drug-likeness (QED) is 0.874. The van der Waals surface area contributed by atoms with Gasteiger partial charge in [0.1, 0.15) is 17.6 Å². The summed E-state index contributed by atoms with van der Waals surface area (Å²) in [7, 11) is 1.89. The standard InChI is InChI=1S/C14H15ClN4O2/c1-19(13-6-12(15)17-14(16)18-13)7-9-8-20-10-4-2-3-5-11(10)21-9/h2-6,9H,7-8H2,1H3,(H2,16,17,18). The zero-order valence-corrected chi connectivity index (χ0v) is 12.2. The largest absolute Gasteiger partial charge is 0.486 e. The number of benzene rings is 1. The molecule has 0 fully saturated rings. The Kier molecular flexibility index (Phi) is 3.70. The van der Waals surface area contributed by atoms with Gasteiger partial charge in [-0.1, -0.05) is 23.7 Å². The Morgan fingerprint density at radius 3 is 2.86 bits per heavy atom. The molecule has 0 saturated heterocycles. The fraction of sp³-hybridized carbons (Fsp3) is 0.286. The van der Waals surface area contributed by atoms with Crippen LogP contribution in [-0.4, -0.2) is 36.3 Å². The van der Waals surface area contributed by atoms with Crippen LogP contribution in [0.4, 0.5) is 11.8 Å². The number of ether oxygens (including phenoxy) is 2. The zero-order valence-electron chi connectivity index (χ0n) is 11.5. The number of hydrogen-bond donors (Lipinski definition) is 1. The normalized spacial score (nSPS) is 16.6. The van der Waals surface area contributed by atoms with Crippen LogP contribution >= 0.6 is 11.6 Å². The third kappa shape index (κ3) is 3.11. The fourth-order valence-electron chi connectivity index (χ4n) is 2.17. The highest BCUT2D eigenvalue weighted by Crippen LogP contribution is 2.31. The smallest absolute Gasteiger partial charge is 0.223 e. The van der Waals surface area contributed by atoms with Gasteiger partial charge in [0.15, 0.2) is 17.6 Å². The Morgan fingerprint density at radius 2 is 2.10 bits per heavy atom. The van der Waals surface area contributed by atoms with Crippen LogP contribution in [0.15, 0.2) is 30.3 Å². The van der Waals surface area contributed by atoms with Crippen LogP contribution in [-0.2, 0) is 0 Å². The Morgan fingerprint density at radius 1 is 1.33 bits per heavy atom. The van der Waals surface area contributed by atoms with Crippen molar-refractivity contribution in [3.8, 4) is 11.5 Å². The Balaban J connectivity index is 1.70. The third-order valence-electron chi connectivity index (χ3n) is 3.13. The average Bonchev–Trinajstić information content (AvgIpc) is 2.46. The van der Waals surface area contributed by atoms with E-state index >= 15 is 0 Å². The summed E-state index contributed by atoms with van der Waals surface area (Å²) in [5.74, 6) is 2.32. The molecule has 7 heteroatoms. The van der Waals surface area contributed by atoms with Crippen LogP contribution in [0.25, 0.3) is 0 Å². The number of aromatic nitrogens is 2. The minimum absolute atomic E-state index is 0.0973. The van der Waals surface area contributed by atoms with Crippen LogP contribution in [0.2, 0.25) is 5.15 Å². The van der Waals surface area contributed by atoms with Crippen LogP contribution in [0.1, 0.15) is 0 Å². The molecular weight excluding hydrogens is 292 g/mol. The SMILES string of the molecule is CN(CC1COc2ccccc2O1)c1cc(Cl)nc(N)n1. The molecule has 2 N–H and O–H groups in total. The first-order valence-corrected chi connectivity index (χ1v) is 6.89. The van der Waals surface area contributed by atoms with E-state index in [9.17, 15) is 0 Å². The minimum atomic E-state index is -0.0973. The summed E-state index contributed by atoms with van der Waals surface area (Å²) in [5.41, 5.74) is 5.60. The van der Waals surface area contributed by atoms with Crippen molar-refractivity contribution < 1.29 is 9.47 Å². The number of nitrogens with two attached hydrogens (primary N) is 1. The van der Waals surface area contributed by atoms with E-state index in [1.807, 2.05) is 36.2 Å². The van der Waals surface area contributed by atoms with E-state index in [1.54, 1.807) is 6.07 Å². The van der Waals surface area contributed by atoms with Gasteiger partial charge in [0.2, 0.25) is 5.95 Å². The van der Waals surface area contributed by atoms with Gasteiger partial charge in [0.05, 0.1) is 6.54 Å². The Labute approximate surface area is 127 Å². The molecule has 0 bridgehead atoms. The van der Waals surface area contributed by atoms with E-state index in [1.165, 1.54) is 0 Å². The van der Waals surface area contributed by atoms with Gasteiger partial charge in [-0.3, -0.25) is 0 Å². The second-order valence-electron chi connectivity index (χ2n) is 4.79. The molecule has 21 heavy (non-hydrogen) atoms. The van der Waals surface area contributed by atoms with Gasteiger partial charge in [-0.25, -0.2) is 4.98 Å². The molecule has 1 unspecified atom stereocenters. The van der Waals surface area contributed by atoms with Gasteiger partial charge in [-0.15, -0.1) is 0 Å². The van der Waals surface area contributed by atoms with Gasteiger partial charge in [0, 0.05) is 13.1 Å². The number of nitrogens with zero attached hydrogens (tertiary/aromatic N) is 3. The highest BCUT2D eigenvalue weighted by Gasteiger charge is 2.22. The van der Waals surface area contributed by atoms with Crippen molar-refractivity contribution in [2.24, 2.45) is 0 Å². The Hall–Kier alpha value is -2.21. The molecule has 1 aromatic carbocycles. The molecule has 1 aromatic heterocycles. The van der Waals surface area contributed by atoms with Crippen molar-refractivity contribution in [3.05, 3.63) is 35.5 Å². The highest BCUT2D eigenvalue weighted by atomic mass is 35.5.